The maximum atomic E-state index is 12.8. The van der Waals surface area contributed by atoms with Crippen molar-refractivity contribution in [2.24, 2.45) is 0 Å². The van der Waals surface area contributed by atoms with Gasteiger partial charge in [0.1, 0.15) is 30.8 Å². The normalized spacial score (nSPS) is 11.7. The largest absolute Gasteiger partial charge is 0.573 e. The lowest BCUT2D eigenvalue weighted by atomic mass is 10.1. The van der Waals surface area contributed by atoms with Gasteiger partial charge in [-0.2, -0.15) is 10.2 Å². The first-order valence-electron chi connectivity index (χ1n) is 12.8. The van der Waals surface area contributed by atoms with E-state index in [1.807, 2.05) is 12.1 Å². The molecule has 0 aliphatic rings. The minimum atomic E-state index is -4.78. The molecule has 0 atom stereocenters. The number of halogens is 3. The molecule has 15 heteroatoms. The zero-order valence-electron chi connectivity index (χ0n) is 21.8. The molecule has 3 aromatic heterocycles. The SMILES string of the molecule is FC(F)(F)Oc1cc(CNCCCCOCCOc2cc(-n3cnnc3)cc3[nH]ncc23)cc(Nc2cn[nH]c2)c1. The van der Waals surface area contributed by atoms with E-state index in [9.17, 15) is 13.2 Å². The van der Waals surface area contributed by atoms with E-state index in [1.54, 1.807) is 35.7 Å². The monoisotopic (exact) mass is 571 g/mol. The third kappa shape index (κ3) is 8.18. The van der Waals surface area contributed by atoms with Crippen LogP contribution in [0.2, 0.25) is 0 Å². The molecule has 0 fully saturated rings. The number of rotatable bonds is 15. The van der Waals surface area contributed by atoms with E-state index >= 15 is 0 Å². The highest BCUT2D eigenvalue weighted by atomic mass is 19.4. The van der Waals surface area contributed by atoms with Gasteiger partial charge in [-0.25, -0.2) is 0 Å². The van der Waals surface area contributed by atoms with Crippen LogP contribution in [0.5, 0.6) is 11.5 Å². The Kier molecular flexibility index (Phi) is 8.95. The highest BCUT2D eigenvalue weighted by Crippen LogP contribution is 2.29. The van der Waals surface area contributed by atoms with Crippen molar-refractivity contribution in [3.8, 4) is 17.2 Å². The van der Waals surface area contributed by atoms with Crippen molar-refractivity contribution >= 4 is 22.3 Å². The van der Waals surface area contributed by atoms with Crippen molar-refractivity contribution in [3.05, 3.63) is 67.1 Å². The van der Waals surface area contributed by atoms with Crippen molar-refractivity contribution in [3.63, 3.8) is 0 Å². The zero-order valence-corrected chi connectivity index (χ0v) is 21.8. The smallest absolute Gasteiger partial charge is 0.490 e. The number of H-pyrrole nitrogens is 2. The van der Waals surface area contributed by atoms with E-state index < -0.39 is 6.36 Å². The number of nitrogens with zero attached hydrogens (tertiary/aromatic N) is 5. The van der Waals surface area contributed by atoms with Crippen molar-refractivity contribution in [2.75, 3.05) is 31.7 Å². The molecule has 2 aromatic carbocycles. The number of hydrogen-bond acceptors (Lipinski definition) is 9. The molecule has 3 heterocycles. The van der Waals surface area contributed by atoms with Crippen molar-refractivity contribution < 1.29 is 27.4 Å². The van der Waals surface area contributed by atoms with Crippen LogP contribution in [0.3, 0.4) is 0 Å². The lowest BCUT2D eigenvalue weighted by Crippen LogP contribution is -2.18. The third-order valence-corrected chi connectivity index (χ3v) is 5.92. The first-order valence-corrected chi connectivity index (χ1v) is 12.8. The quantitative estimate of drug-likeness (QED) is 0.134. The minimum absolute atomic E-state index is 0.294. The van der Waals surface area contributed by atoms with E-state index in [-0.39, 0.29) is 5.75 Å². The van der Waals surface area contributed by atoms with Gasteiger partial charge in [-0.1, -0.05) is 0 Å². The molecule has 12 nitrogen and oxygen atoms in total. The molecule has 0 spiro atoms. The zero-order chi connectivity index (χ0) is 28.5. The fourth-order valence-electron chi connectivity index (χ4n) is 4.12. The fraction of sp³-hybridized carbons (Fsp3) is 0.308. The second-order valence-electron chi connectivity index (χ2n) is 9.01. The van der Waals surface area contributed by atoms with Crippen LogP contribution in [0.15, 0.2) is 61.6 Å². The minimum Gasteiger partial charge on any atom is -0.490 e. The highest BCUT2D eigenvalue weighted by Gasteiger charge is 2.31. The predicted octanol–water partition coefficient (Wildman–Crippen LogP) is 4.47. The number of aromatic amines is 2. The summed E-state index contributed by atoms with van der Waals surface area (Å²) in [7, 11) is 0. The Morgan fingerprint density at radius 2 is 1.78 bits per heavy atom. The maximum Gasteiger partial charge on any atom is 0.573 e. The molecule has 0 aliphatic carbocycles. The Morgan fingerprint density at radius 3 is 2.59 bits per heavy atom. The third-order valence-electron chi connectivity index (χ3n) is 5.92. The van der Waals surface area contributed by atoms with Gasteiger partial charge in [-0.05, 0) is 43.1 Å². The van der Waals surface area contributed by atoms with E-state index in [4.69, 9.17) is 9.47 Å². The molecule has 0 radical (unpaired) electrons. The van der Waals surface area contributed by atoms with Crippen LogP contribution < -0.4 is 20.1 Å². The maximum absolute atomic E-state index is 12.8. The summed E-state index contributed by atoms with van der Waals surface area (Å²) >= 11 is 0. The number of ether oxygens (including phenoxy) is 3. The van der Waals surface area contributed by atoms with E-state index in [0.29, 0.717) is 55.6 Å². The van der Waals surface area contributed by atoms with Crippen LogP contribution in [0, 0.1) is 0 Å². The van der Waals surface area contributed by atoms with Gasteiger partial charge in [0.2, 0.25) is 0 Å². The molecule has 0 amide bonds. The van der Waals surface area contributed by atoms with Gasteiger partial charge in [0, 0.05) is 37.2 Å². The van der Waals surface area contributed by atoms with E-state index in [2.05, 4.69) is 46.0 Å². The van der Waals surface area contributed by atoms with Gasteiger partial charge in [0.25, 0.3) is 0 Å². The van der Waals surface area contributed by atoms with Crippen LogP contribution >= 0.6 is 0 Å². The lowest BCUT2D eigenvalue weighted by Gasteiger charge is -2.14. The van der Waals surface area contributed by atoms with E-state index in [1.165, 1.54) is 18.3 Å². The summed E-state index contributed by atoms with van der Waals surface area (Å²) in [6.07, 6.45) is 4.91. The average molecular weight is 572 g/mol. The first kappa shape index (κ1) is 27.9. The number of alkyl halides is 3. The molecule has 0 saturated carbocycles. The van der Waals surface area contributed by atoms with Crippen molar-refractivity contribution in [1.82, 2.24) is 40.5 Å². The topological polar surface area (TPSA) is 140 Å². The second-order valence-corrected chi connectivity index (χ2v) is 9.01. The summed E-state index contributed by atoms with van der Waals surface area (Å²) < 4.78 is 55.9. The molecule has 0 saturated heterocycles. The van der Waals surface area contributed by atoms with Crippen molar-refractivity contribution in [1.29, 1.82) is 0 Å². The Balaban J connectivity index is 1.01. The van der Waals surface area contributed by atoms with Gasteiger partial charge in [-0.3, -0.25) is 14.8 Å². The summed E-state index contributed by atoms with van der Waals surface area (Å²) in [6, 6.07) is 8.24. The van der Waals surface area contributed by atoms with Gasteiger partial charge >= 0.3 is 6.36 Å². The Bertz CT molecular complexity index is 1510. The Labute approximate surface area is 232 Å². The van der Waals surface area contributed by atoms with Crippen LogP contribution in [-0.4, -0.2) is 67.9 Å². The number of unbranched alkanes of at least 4 members (excludes halogenated alkanes) is 1. The van der Waals surface area contributed by atoms with Crippen LogP contribution in [0.25, 0.3) is 16.6 Å². The second kappa shape index (κ2) is 13.1. The Morgan fingerprint density at radius 1 is 0.902 bits per heavy atom. The summed E-state index contributed by atoms with van der Waals surface area (Å²) in [4.78, 5) is 0. The fourth-order valence-corrected chi connectivity index (χ4v) is 4.12. The van der Waals surface area contributed by atoms with Crippen LogP contribution in [0.4, 0.5) is 24.5 Å². The molecule has 0 bridgehead atoms. The Hall–Kier alpha value is -4.63. The molecule has 41 heavy (non-hydrogen) atoms. The molecule has 4 N–H and O–H groups in total. The number of anilines is 2. The molecule has 216 valence electrons. The summed E-state index contributed by atoms with van der Waals surface area (Å²) in [5.41, 5.74) is 3.41. The molecule has 0 unspecified atom stereocenters. The number of benzene rings is 2. The summed E-state index contributed by atoms with van der Waals surface area (Å²) in [5.74, 6) is 0.387. The summed E-state index contributed by atoms with van der Waals surface area (Å²) in [5, 5.41) is 28.3. The van der Waals surface area contributed by atoms with Gasteiger partial charge < -0.3 is 24.8 Å². The molecular weight excluding hydrogens is 543 g/mol. The number of aromatic nitrogens is 7. The van der Waals surface area contributed by atoms with Gasteiger partial charge in [-0.15, -0.1) is 23.4 Å². The molecule has 0 aliphatic heterocycles. The predicted molar refractivity (Wildman–Crippen MR) is 143 cm³/mol. The van der Waals surface area contributed by atoms with Gasteiger partial charge in [0.15, 0.2) is 0 Å². The lowest BCUT2D eigenvalue weighted by molar-refractivity contribution is -0.274. The van der Waals surface area contributed by atoms with Crippen molar-refractivity contribution in [2.45, 2.75) is 25.7 Å². The molecular formula is C26H28F3N9O3. The highest BCUT2D eigenvalue weighted by molar-refractivity contribution is 5.86. The first-order chi connectivity index (χ1) is 19.9. The average Bonchev–Trinajstić information content (AvgIpc) is 3.71. The standard InChI is InChI=1S/C26H28F3N9O3/c27-26(28,29)41-22-8-18(7-19(9-22)36-20-13-31-32-14-20)12-30-3-1-2-4-39-5-6-40-25-11-21(38-16-34-35-17-38)10-24-23(25)15-33-37-24/h7-11,13-17,30,36H,1-6,12H2,(H,31,32)(H,33,37). The molecule has 5 rings (SSSR count). The molecule has 5 aromatic rings. The number of hydrogen-bond donors (Lipinski definition) is 4. The summed E-state index contributed by atoms with van der Waals surface area (Å²) in [6.45, 7) is 2.39. The number of nitrogens with one attached hydrogen (secondary N) is 4. The number of fused-ring (bicyclic) bond motifs is 1. The van der Waals surface area contributed by atoms with Crippen LogP contribution in [-0.2, 0) is 11.3 Å². The van der Waals surface area contributed by atoms with Crippen LogP contribution in [0.1, 0.15) is 18.4 Å². The van der Waals surface area contributed by atoms with E-state index in [0.717, 1.165) is 29.4 Å². The van der Waals surface area contributed by atoms with Gasteiger partial charge in [0.05, 0.1) is 41.3 Å².